The van der Waals surface area contributed by atoms with Gasteiger partial charge in [0, 0.05) is 12.6 Å². The summed E-state index contributed by atoms with van der Waals surface area (Å²) in [5.41, 5.74) is 5.35. The van der Waals surface area contributed by atoms with Crippen molar-refractivity contribution in [2.75, 3.05) is 20.1 Å². The Hall–Kier alpha value is -0.120. The van der Waals surface area contributed by atoms with E-state index < -0.39 is 5.60 Å². The molecule has 0 heterocycles. The molecular weight excluding hydrogens is 212 g/mol. The first-order valence-electron chi connectivity index (χ1n) is 7.19. The molecule has 0 aliphatic heterocycles. The zero-order chi connectivity index (χ0) is 12.9. The molecule has 2 atom stereocenters. The lowest BCUT2D eigenvalue weighted by molar-refractivity contribution is -0.0186. The first-order chi connectivity index (χ1) is 8.06. The molecule has 0 aromatic carbocycles. The molecule has 102 valence electrons. The Morgan fingerprint density at radius 3 is 2.35 bits per heavy atom. The van der Waals surface area contributed by atoms with Crippen molar-refractivity contribution in [3.63, 3.8) is 0 Å². The predicted molar refractivity (Wildman–Crippen MR) is 73.0 cm³/mol. The average Bonchev–Trinajstić information content (AvgIpc) is 2.38. The maximum atomic E-state index is 10.4. The Labute approximate surface area is 106 Å². The van der Waals surface area contributed by atoms with Crippen LogP contribution in [0, 0.1) is 5.92 Å². The van der Waals surface area contributed by atoms with Gasteiger partial charge in [-0.25, -0.2) is 0 Å². The van der Waals surface area contributed by atoms with Crippen LogP contribution in [-0.4, -0.2) is 41.8 Å². The van der Waals surface area contributed by atoms with Gasteiger partial charge in [0.1, 0.15) is 0 Å². The van der Waals surface area contributed by atoms with Gasteiger partial charge in [-0.2, -0.15) is 0 Å². The van der Waals surface area contributed by atoms with E-state index in [4.69, 9.17) is 5.73 Å². The predicted octanol–water partition coefficient (Wildman–Crippen LogP) is 1.99. The lowest BCUT2D eigenvalue weighted by Crippen LogP contribution is -2.49. The normalized spacial score (nSPS) is 26.5. The van der Waals surface area contributed by atoms with Gasteiger partial charge >= 0.3 is 0 Å². The molecule has 1 fully saturated rings. The largest absolute Gasteiger partial charge is 0.389 e. The fourth-order valence-corrected chi connectivity index (χ4v) is 3.10. The maximum Gasteiger partial charge on any atom is 0.0768 e. The van der Waals surface area contributed by atoms with Crippen molar-refractivity contribution in [2.24, 2.45) is 11.7 Å². The fourth-order valence-electron chi connectivity index (χ4n) is 3.10. The lowest BCUT2D eigenvalue weighted by Gasteiger charge is -2.41. The summed E-state index contributed by atoms with van der Waals surface area (Å²) in [6.07, 6.45) is 6.77. The minimum absolute atomic E-state index is 0.522. The van der Waals surface area contributed by atoms with Gasteiger partial charge in [-0.05, 0) is 45.2 Å². The van der Waals surface area contributed by atoms with Crippen LogP contribution in [0.2, 0.25) is 0 Å². The quantitative estimate of drug-likeness (QED) is 0.749. The topological polar surface area (TPSA) is 49.5 Å². The maximum absolute atomic E-state index is 10.4. The van der Waals surface area contributed by atoms with Crippen LogP contribution in [-0.2, 0) is 0 Å². The lowest BCUT2D eigenvalue weighted by atomic mass is 9.83. The van der Waals surface area contributed by atoms with Crippen LogP contribution in [0.5, 0.6) is 0 Å². The van der Waals surface area contributed by atoms with Gasteiger partial charge in [-0.3, -0.25) is 0 Å². The highest BCUT2D eigenvalue weighted by Gasteiger charge is 2.32. The molecular formula is C14H30N2O. The average molecular weight is 242 g/mol. The second-order valence-corrected chi connectivity index (χ2v) is 5.69. The van der Waals surface area contributed by atoms with Crippen LogP contribution in [0.4, 0.5) is 0 Å². The minimum Gasteiger partial charge on any atom is -0.389 e. The molecule has 3 heteroatoms. The summed E-state index contributed by atoms with van der Waals surface area (Å²) in [5.74, 6) is 0.617. The summed E-state index contributed by atoms with van der Waals surface area (Å²) in [6.45, 7) is 5.70. The van der Waals surface area contributed by atoms with Crippen molar-refractivity contribution in [3.8, 4) is 0 Å². The molecule has 1 aliphatic rings. The fraction of sp³-hybridized carbons (Fsp3) is 1.00. The molecule has 17 heavy (non-hydrogen) atoms. The monoisotopic (exact) mass is 242 g/mol. The summed E-state index contributed by atoms with van der Waals surface area (Å²) < 4.78 is 0. The van der Waals surface area contributed by atoms with Crippen LogP contribution in [0.15, 0.2) is 0 Å². The first-order valence-corrected chi connectivity index (χ1v) is 7.19. The summed E-state index contributed by atoms with van der Waals surface area (Å²) >= 11 is 0. The molecule has 2 unspecified atom stereocenters. The summed E-state index contributed by atoms with van der Waals surface area (Å²) in [4.78, 5) is 2.35. The molecule has 1 rings (SSSR count). The van der Waals surface area contributed by atoms with Gasteiger partial charge in [0.15, 0.2) is 0 Å². The van der Waals surface area contributed by atoms with Crippen LogP contribution in [0.3, 0.4) is 0 Å². The third-order valence-electron chi connectivity index (χ3n) is 4.60. The van der Waals surface area contributed by atoms with Crippen LogP contribution < -0.4 is 5.73 Å². The van der Waals surface area contributed by atoms with E-state index in [-0.39, 0.29) is 0 Å². The van der Waals surface area contributed by atoms with Gasteiger partial charge in [-0.15, -0.1) is 0 Å². The van der Waals surface area contributed by atoms with Gasteiger partial charge < -0.3 is 15.7 Å². The molecule has 3 nitrogen and oxygen atoms in total. The molecule has 0 spiro atoms. The van der Waals surface area contributed by atoms with E-state index in [1.807, 2.05) is 0 Å². The Bertz CT molecular complexity index is 216. The second-order valence-electron chi connectivity index (χ2n) is 5.69. The number of hydrogen-bond acceptors (Lipinski definition) is 3. The SMILES string of the molecule is CCC(O)(CC)CN(C)C1CCCCC1CN. The summed E-state index contributed by atoms with van der Waals surface area (Å²) in [7, 11) is 2.15. The van der Waals surface area contributed by atoms with Gasteiger partial charge in [0.05, 0.1) is 5.60 Å². The third-order valence-corrected chi connectivity index (χ3v) is 4.60. The van der Waals surface area contributed by atoms with Gasteiger partial charge in [-0.1, -0.05) is 26.7 Å². The molecule has 0 saturated heterocycles. The van der Waals surface area contributed by atoms with Crippen molar-refractivity contribution in [2.45, 2.75) is 64.0 Å². The van der Waals surface area contributed by atoms with Crippen molar-refractivity contribution < 1.29 is 5.11 Å². The van der Waals surface area contributed by atoms with E-state index in [2.05, 4.69) is 25.8 Å². The number of rotatable bonds is 6. The van der Waals surface area contributed by atoms with Crippen LogP contribution >= 0.6 is 0 Å². The molecule has 0 aromatic rings. The number of nitrogens with zero attached hydrogens (tertiary/aromatic N) is 1. The third kappa shape index (κ3) is 3.94. The number of aliphatic hydroxyl groups is 1. The first kappa shape index (κ1) is 14.9. The number of likely N-dealkylation sites (N-methyl/N-ethyl adjacent to an activating group) is 1. The molecule has 1 saturated carbocycles. The highest BCUT2D eigenvalue weighted by Crippen LogP contribution is 2.28. The molecule has 3 N–H and O–H groups in total. The van der Waals surface area contributed by atoms with E-state index in [1.54, 1.807) is 0 Å². The highest BCUT2D eigenvalue weighted by molar-refractivity contribution is 4.87. The van der Waals surface area contributed by atoms with Gasteiger partial charge in [0.2, 0.25) is 0 Å². The van der Waals surface area contributed by atoms with E-state index in [0.29, 0.717) is 12.0 Å². The zero-order valence-electron chi connectivity index (χ0n) is 11.8. The van der Waals surface area contributed by atoms with E-state index in [1.165, 1.54) is 25.7 Å². The standard InChI is InChI=1S/C14H30N2O/c1-4-14(17,5-2)11-16(3)13-9-7-6-8-12(13)10-15/h12-13,17H,4-11,15H2,1-3H3. The molecule has 0 radical (unpaired) electrons. The Balaban J connectivity index is 2.58. The molecule has 0 amide bonds. The zero-order valence-corrected chi connectivity index (χ0v) is 11.8. The van der Waals surface area contributed by atoms with Crippen molar-refractivity contribution in [1.29, 1.82) is 0 Å². The highest BCUT2D eigenvalue weighted by atomic mass is 16.3. The molecule has 1 aliphatic carbocycles. The van der Waals surface area contributed by atoms with Crippen molar-refractivity contribution >= 4 is 0 Å². The van der Waals surface area contributed by atoms with E-state index in [0.717, 1.165) is 25.9 Å². The number of hydrogen-bond donors (Lipinski definition) is 2. The van der Waals surface area contributed by atoms with Crippen LogP contribution in [0.1, 0.15) is 52.4 Å². The summed E-state index contributed by atoms with van der Waals surface area (Å²) in [5, 5.41) is 10.4. The second kappa shape index (κ2) is 6.72. The van der Waals surface area contributed by atoms with Crippen LogP contribution in [0.25, 0.3) is 0 Å². The molecule has 0 bridgehead atoms. The Morgan fingerprint density at radius 1 is 1.24 bits per heavy atom. The summed E-state index contributed by atoms with van der Waals surface area (Å²) in [6, 6.07) is 0.568. The Kier molecular flexibility index (Phi) is 5.90. The van der Waals surface area contributed by atoms with E-state index >= 15 is 0 Å². The van der Waals surface area contributed by atoms with Gasteiger partial charge in [0.25, 0.3) is 0 Å². The van der Waals surface area contributed by atoms with E-state index in [9.17, 15) is 5.11 Å². The Morgan fingerprint density at radius 2 is 1.82 bits per heavy atom. The number of nitrogens with two attached hydrogens (primary N) is 1. The smallest absolute Gasteiger partial charge is 0.0768 e. The minimum atomic E-state index is -0.522. The molecule has 0 aromatic heterocycles. The van der Waals surface area contributed by atoms with Crippen molar-refractivity contribution in [1.82, 2.24) is 4.90 Å². The van der Waals surface area contributed by atoms with Crippen molar-refractivity contribution in [3.05, 3.63) is 0 Å².